The van der Waals surface area contributed by atoms with Crippen LogP contribution in [0.1, 0.15) is 100 Å². The van der Waals surface area contributed by atoms with Crippen LogP contribution in [0.4, 0.5) is 0 Å². The average Bonchev–Trinajstić information content (AvgIpc) is 2.36. The molecule has 0 bridgehead atoms. The molecule has 0 aromatic carbocycles. The molecule has 0 aromatic heterocycles. The number of hydrogen-bond donors (Lipinski definition) is 0. The van der Waals surface area contributed by atoms with Crippen molar-refractivity contribution in [1.29, 1.82) is 0 Å². The zero-order valence-electron chi connectivity index (χ0n) is 16.6. The molecule has 1 heteroatoms. The Labute approximate surface area is 139 Å². The van der Waals surface area contributed by atoms with Crippen molar-refractivity contribution in [3.05, 3.63) is 12.3 Å². The van der Waals surface area contributed by atoms with Crippen molar-refractivity contribution in [2.45, 2.75) is 106 Å². The van der Waals surface area contributed by atoms with Gasteiger partial charge >= 0.3 is 0 Å². The van der Waals surface area contributed by atoms with Crippen molar-refractivity contribution in [3.63, 3.8) is 0 Å². The fourth-order valence-electron chi connectivity index (χ4n) is 3.94. The second-order valence-electron chi connectivity index (χ2n) is 9.94. The third kappa shape index (κ3) is 4.52. The Balaban J connectivity index is 3.02. The molecule has 1 rings (SSSR count). The van der Waals surface area contributed by atoms with Gasteiger partial charge in [0.15, 0.2) is 0 Å². The van der Waals surface area contributed by atoms with E-state index in [1.807, 2.05) is 0 Å². The van der Waals surface area contributed by atoms with Crippen LogP contribution >= 0.6 is 0 Å². The van der Waals surface area contributed by atoms with E-state index >= 15 is 0 Å². The highest BCUT2D eigenvalue weighted by Crippen LogP contribution is 2.53. The van der Waals surface area contributed by atoms with E-state index in [4.69, 9.17) is 4.74 Å². The molecular weight excluding hydrogens is 268 g/mol. The highest BCUT2D eigenvalue weighted by Gasteiger charge is 2.46. The third-order valence-electron chi connectivity index (χ3n) is 5.90. The van der Waals surface area contributed by atoms with Gasteiger partial charge in [-0.3, -0.25) is 0 Å². The molecule has 1 aliphatic carbocycles. The zero-order chi connectivity index (χ0) is 17.2. The summed E-state index contributed by atoms with van der Waals surface area (Å²) in [4.78, 5) is 0. The second-order valence-corrected chi connectivity index (χ2v) is 9.94. The molecule has 1 nitrogen and oxygen atoms in total. The van der Waals surface area contributed by atoms with Gasteiger partial charge in [0.05, 0.1) is 5.76 Å². The lowest BCUT2D eigenvalue weighted by Gasteiger charge is -2.49. The molecule has 1 saturated carbocycles. The van der Waals surface area contributed by atoms with Crippen molar-refractivity contribution >= 4 is 0 Å². The monoisotopic (exact) mass is 308 g/mol. The molecule has 1 aliphatic rings. The van der Waals surface area contributed by atoms with Gasteiger partial charge in [-0.2, -0.15) is 0 Å². The number of hydrogen-bond acceptors (Lipinski definition) is 1. The van der Waals surface area contributed by atoms with Crippen LogP contribution in [-0.4, -0.2) is 5.60 Å². The molecule has 1 atom stereocenters. The smallest absolute Gasteiger partial charge is 0.108 e. The first-order chi connectivity index (χ1) is 9.85. The predicted octanol–water partition coefficient (Wildman–Crippen LogP) is 7.12. The largest absolute Gasteiger partial charge is 0.492 e. The van der Waals surface area contributed by atoms with E-state index in [0.717, 1.165) is 18.6 Å². The van der Waals surface area contributed by atoms with Crippen LogP contribution in [0, 0.1) is 16.2 Å². The van der Waals surface area contributed by atoms with Gasteiger partial charge in [0, 0.05) is 5.41 Å². The van der Waals surface area contributed by atoms with E-state index in [1.165, 1.54) is 32.1 Å². The summed E-state index contributed by atoms with van der Waals surface area (Å²) in [5.74, 6) is 1.01. The van der Waals surface area contributed by atoms with Crippen LogP contribution < -0.4 is 0 Å². The molecule has 0 saturated heterocycles. The quantitative estimate of drug-likeness (QED) is 0.491. The summed E-state index contributed by atoms with van der Waals surface area (Å²) in [6.45, 7) is 23.0. The van der Waals surface area contributed by atoms with Gasteiger partial charge in [0.1, 0.15) is 5.60 Å². The normalized spacial score (nSPS) is 22.0. The van der Waals surface area contributed by atoms with Gasteiger partial charge in [-0.25, -0.2) is 0 Å². The summed E-state index contributed by atoms with van der Waals surface area (Å²) in [6, 6.07) is 0. The molecule has 130 valence electrons. The van der Waals surface area contributed by atoms with Gasteiger partial charge in [0.2, 0.25) is 0 Å². The first-order valence-corrected chi connectivity index (χ1v) is 9.24. The first-order valence-electron chi connectivity index (χ1n) is 9.24. The van der Waals surface area contributed by atoms with Crippen LogP contribution in [0.25, 0.3) is 0 Å². The van der Waals surface area contributed by atoms with Crippen LogP contribution in [0.3, 0.4) is 0 Å². The Bertz CT molecular complexity index is 374. The number of ether oxygens (including phenoxy) is 1. The number of rotatable bonds is 5. The van der Waals surface area contributed by atoms with Crippen LogP contribution in [-0.2, 0) is 4.74 Å². The second kappa shape index (κ2) is 6.57. The summed E-state index contributed by atoms with van der Waals surface area (Å²) in [5, 5.41) is 0. The molecule has 0 aromatic rings. The lowest BCUT2D eigenvalue weighted by molar-refractivity contribution is -0.0806. The molecule has 0 aliphatic heterocycles. The van der Waals surface area contributed by atoms with Crippen LogP contribution in [0.15, 0.2) is 12.3 Å². The molecule has 0 amide bonds. The maximum atomic E-state index is 6.67. The molecule has 0 spiro atoms. The summed E-state index contributed by atoms with van der Waals surface area (Å²) in [6.07, 6.45) is 8.54. The van der Waals surface area contributed by atoms with E-state index in [9.17, 15) is 0 Å². The van der Waals surface area contributed by atoms with Crippen molar-refractivity contribution < 1.29 is 4.74 Å². The molecule has 22 heavy (non-hydrogen) atoms. The molecule has 0 radical (unpaired) electrons. The van der Waals surface area contributed by atoms with Crippen molar-refractivity contribution in [2.75, 3.05) is 0 Å². The van der Waals surface area contributed by atoms with E-state index < -0.39 is 0 Å². The SMILES string of the molecule is C=C(OC1(CC)CCCCC1)C(C)(CC(C)(C)C)C(C)(C)C. The van der Waals surface area contributed by atoms with E-state index in [1.54, 1.807) is 0 Å². The van der Waals surface area contributed by atoms with Crippen molar-refractivity contribution in [3.8, 4) is 0 Å². The summed E-state index contributed by atoms with van der Waals surface area (Å²) >= 11 is 0. The van der Waals surface area contributed by atoms with Crippen molar-refractivity contribution in [2.24, 2.45) is 16.2 Å². The van der Waals surface area contributed by atoms with Crippen LogP contribution in [0.5, 0.6) is 0 Å². The third-order valence-corrected chi connectivity index (χ3v) is 5.90. The maximum Gasteiger partial charge on any atom is 0.108 e. The van der Waals surface area contributed by atoms with Crippen LogP contribution in [0.2, 0.25) is 0 Å². The minimum atomic E-state index is -0.00906. The molecule has 0 heterocycles. The minimum Gasteiger partial charge on any atom is -0.492 e. The topological polar surface area (TPSA) is 9.23 Å². The van der Waals surface area contributed by atoms with E-state index in [-0.39, 0.29) is 21.8 Å². The fraction of sp³-hybridized carbons (Fsp3) is 0.905. The van der Waals surface area contributed by atoms with Gasteiger partial charge in [-0.15, -0.1) is 0 Å². The van der Waals surface area contributed by atoms with Crippen molar-refractivity contribution in [1.82, 2.24) is 0 Å². The Morgan fingerprint density at radius 1 is 0.955 bits per heavy atom. The Hall–Kier alpha value is -0.460. The maximum absolute atomic E-state index is 6.67. The highest BCUT2D eigenvalue weighted by molar-refractivity contribution is 5.10. The lowest BCUT2D eigenvalue weighted by Crippen LogP contribution is -2.43. The summed E-state index contributed by atoms with van der Waals surface area (Å²) in [7, 11) is 0. The highest BCUT2D eigenvalue weighted by atomic mass is 16.5. The van der Waals surface area contributed by atoms with Gasteiger partial charge < -0.3 is 4.74 Å². The molecule has 1 fully saturated rings. The number of allylic oxidation sites excluding steroid dienone is 1. The molecule has 1 unspecified atom stereocenters. The minimum absolute atomic E-state index is 0.00906. The van der Waals surface area contributed by atoms with Gasteiger partial charge in [-0.05, 0) is 49.4 Å². The molecule has 0 N–H and O–H groups in total. The Kier molecular flexibility index (Phi) is 5.85. The lowest BCUT2D eigenvalue weighted by atomic mass is 9.60. The zero-order valence-corrected chi connectivity index (χ0v) is 16.6. The Morgan fingerprint density at radius 2 is 1.45 bits per heavy atom. The average molecular weight is 309 g/mol. The van der Waals surface area contributed by atoms with Gasteiger partial charge in [-0.1, -0.05) is 68.4 Å². The Morgan fingerprint density at radius 3 is 1.82 bits per heavy atom. The van der Waals surface area contributed by atoms with Gasteiger partial charge in [0.25, 0.3) is 0 Å². The first kappa shape index (κ1) is 19.6. The summed E-state index contributed by atoms with van der Waals surface area (Å²) < 4.78 is 6.67. The predicted molar refractivity (Wildman–Crippen MR) is 98.0 cm³/mol. The molecular formula is C21H40O. The summed E-state index contributed by atoms with van der Waals surface area (Å²) in [5.41, 5.74) is 0.436. The standard InChI is InChI=1S/C21H40O/c1-10-21(14-12-11-13-15-21)22-17(2)20(9,19(6,7)8)16-18(3,4)5/h2,10-16H2,1,3-9H3. The van der Waals surface area contributed by atoms with E-state index in [2.05, 4.69) is 62.0 Å². The fourth-order valence-corrected chi connectivity index (χ4v) is 3.94. The van der Waals surface area contributed by atoms with E-state index in [0.29, 0.717) is 0 Å².